The van der Waals surface area contributed by atoms with E-state index in [4.69, 9.17) is 0 Å². The molecule has 0 unspecified atom stereocenters. The van der Waals surface area contributed by atoms with Crippen molar-refractivity contribution < 1.29 is 4.79 Å². The molecule has 0 aromatic rings. The van der Waals surface area contributed by atoms with Crippen LogP contribution in [0.5, 0.6) is 0 Å². The number of nitrogens with zero attached hydrogens (tertiary/aromatic N) is 1. The third-order valence-electron chi connectivity index (χ3n) is 2.97. The minimum Gasteiger partial charge on any atom is -0.384 e. The monoisotopic (exact) mass is 206 g/mol. The second kappa shape index (κ2) is 5.99. The quantitative estimate of drug-likeness (QED) is 0.519. The summed E-state index contributed by atoms with van der Waals surface area (Å²) in [5.74, 6) is 0.618. The van der Waals surface area contributed by atoms with Gasteiger partial charge in [0.05, 0.1) is 0 Å². The lowest BCUT2D eigenvalue weighted by atomic mass is 9.67. The van der Waals surface area contributed by atoms with Crippen LogP contribution in [0.4, 0.5) is 0 Å². The topological polar surface area (TPSA) is 20.3 Å². The van der Waals surface area contributed by atoms with Gasteiger partial charge in [-0.2, -0.15) is 0 Å². The summed E-state index contributed by atoms with van der Waals surface area (Å²) in [5, 5.41) is 0. The Morgan fingerprint density at radius 2 is 1.87 bits per heavy atom. The van der Waals surface area contributed by atoms with Crippen molar-refractivity contribution in [3.63, 3.8) is 0 Å². The predicted molar refractivity (Wildman–Crippen MR) is 65.0 cm³/mol. The van der Waals surface area contributed by atoms with E-state index in [-0.39, 0.29) is 5.92 Å². The molecule has 0 spiro atoms. The van der Waals surface area contributed by atoms with Gasteiger partial charge in [-0.05, 0) is 24.5 Å². The molecule has 3 heteroatoms. The number of carbonyl (C=O) groups excluding carboxylic acids is 1. The van der Waals surface area contributed by atoms with Gasteiger partial charge >= 0.3 is 0 Å². The van der Waals surface area contributed by atoms with Crippen LogP contribution in [-0.4, -0.2) is 32.1 Å². The highest BCUT2D eigenvalue weighted by Crippen LogP contribution is 2.26. The predicted octanol–water partition coefficient (Wildman–Crippen LogP) is 2.29. The fraction of sp³-hybridized carbons (Fsp3) is 0.750. The van der Waals surface area contributed by atoms with Gasteiger partial charge in [0.15, 0.2) is 13.1 Å². The lowest BCUT2D eigenvalue weighted by Gasteiger charge is -2.22. The van der Waals surface area contributed by atoms with E-state index in [1.165, 1.54) is 19.3 Å². The van der Waals surface area contributed by atoms with E-state index in [1.807, 2.05) is 39.3 Å². The van der Waals surface area contributed by atoms with Gasteiger partial charge in [0.25, 0.3) is 0 Å². The summed E-state index contributed by atoms with van der Waals surface area (Å²) in [6, 6.07) is 0. The number of ketones is 1. The summed E-state index contributed by atoms with van der Waals surface area (Å²) >= 11 is 0. The van der Waals surface area contributed by atoms with E-state index >= 15 is 0 Å². The first-order valence-corrected chi connectivity index (χ1v) is 5.87. The molecule has 2 nitrogen and oxygen atoms in total. The molecule has 1 radical (unpaired) electrons. The third kappa shape index (κ3) is 3.73. The molecular weight excluding hydrogens is 185 g/mol. The molecule has 1 rings (SSSR count). The van der Waals surface area contributed by atoms with Crippen molar-refractivity contribution in [2.24, 2.45) is 5.92 Å². The maximum atomic E-state index is 12.1. The van der Waals surface area contributed by atoms with E-state index in [1.54, 1.807) is 0 Å². The first-order chi connectivity index (χ1) is 7.15. The molecule has 0 heterocycles. The van der Waals surface area contributed by atoms with Crippen molar-refractivity contribution in [1.82, 2.24) is 4.90 Å². The Morgan fingerprint density at radius 3 is 2.33 bits per heavy atom. The fourth-order valence-corrected chi connectivity index (χ4v) is 2.16. The zero-order valence-corrected chi connectivity index (χ0v) is 10.1. The molecular formula is C12H21BNO. The summed E-state index contributed by atoms with van der Waals surface area (Å²) in [6.07, 6.45) is 7.82. The molecule has 15 heavy (non-hydrogen) atoms. The largest absolute Gasteiger partial charge is 0.384 e. The lowest BCUT2D eigenvalue weighted by Crippen LogP contribution is -2.23. The van der Waals surface area contributed by atoms with Crippen LogP contribution >= 0.6 is 0 Å². The van der Waals surface area contributed by atoms with Crippen molar-refractivity contribution >= 4 is 13.1 Å². The number of allylic oxidation sites excluding steroid dienone is 1. The number of hydrogen-bond acceptors (Lipinski definition) is 2. The number of Topliss-reactive ketones (excluding diaryl/α,β-unsaturated/α-hetero) is 1. The molecule has 0 atom stereocenters. The Labute approximate surface area is 94.0 Å². The highest BCUT2D eigenvalue weighted by Gasteiger charge is 2.23. The molecule has 0 aromatic heterocycles. The van der Waals surface area contributed by atoms with Crippen molar-refractivity contribution in [2.45, 2.75) is 38.9 Å². The van der Waals surface area contributed by atoms with Crippen LogP contribution < -0.4 is 0 Å². The number of carbonyl (C=O) groups is 1. The van der Waals surface area contributed by atoms with Crippen LogP contribution in [0.25, 0.3) is 0 Å². The van der Waals surface area contributed by atoms with E-state index in [2.05, 4.69) is 0 Å². The molecule has 1 fully saturated rings. The Hall–Kier alpha value is -0.725. The molecule has 1 saturated carbocycles. The Morgan fingerprint density at radius 1 is 1.27 bits per heavy atom. The van der Waals surface area contributed by atoms with Crippen LogP contribution in [0, 0.1) is 5.92 Å². The lowest BCUT2D eigenvalue weighted by molar-refractivity contribution is -0.119. The molecule has 1 aliphatic carbocycles. The zero-order chi connectivity index (χ0) is 11.3. The van der Waals surface area contributed by atoms with Crippen LogP contribution in [0.1, 0.15) is 32.1 Å². The molecule has 1 aliphatic rings. The highest BCUT2D eigenvalue weighted by molar-refractivity contribution is 6.53. The van der Waals surface area contributed by atoms with Crippen LogP contribution in [0.15, 0.2) is 11.7 Å². The average Bonchev–Trinajstić information content (AvgIpc) is 2.26. The van der Waals surface area contributed by atoms with Crippen LogP contribution in [0.3, 0.4) is 0 Å². The molecule has 0 aliphatic heterocycles. The van der Waals surface area contributed by atoms with Gasteiger partial charge in [-0.3, -0.25) is 4.79 Å². The summed E-state index contributed by atoms with van der Waals surface area (Å²) in [4.78, 5) is 14.1. The second-order valence-corrected chi connectivity index (χ2v) is 4.54. The SMILES string of the molecule is C[B]/C(=C\N(C)C)C(=O)C1CCCCC1. The Balaban J connectivity index is 2.63. The first-order valence-electron chi connectivity index (χ1n) is 5.87. The van der Waals surface area contributed by atoms with E-state index in [9.17, 15) is 4.79 Å². The normalized spacial score (nSPS) is 18.7. The van der Waals surface area contributed by atoms with Gasteiger partial charge in [0, 0.05) is 20.0 Å². The maximum Gasteiger partial charge on any atom is 0.155 e. The minimum atomic E-state index is 0.279. The van der Waals surface area contributed by atoms with Gasteiger partial charge in [0.1, 0.15) is 0 Å². The van der Waals surface area contributed by atoms with Crippen LogP contribution in [-0.2, 0) is 4.79 Å². The summed E-state index contributed by atoms with van der Waals surface area (Å²) < 4.78 is 0. The van der Waals surface area contributed by atoms with Crippen molar-refractivity contribution in [3.8, 4) is 0 Å². The average molecular weight is 206 g/mol. The van der Waals surface area contributed by atoms with E-state index in [0.717, 1.165) is 18.3 Å². The van der Waals surface area contributed by atoms with Crippen molar-refractivity contribution in [3.05, 3.63) is 11.7 Å². The Kier molecular flexibility index (Phi) is 4.93. The minimum absolute atomic E-state index is 0.279. The van der Waals surface area contributed by atoms with Crippen LogP contribution in [0.2, 0.25) is 6.82 Å². The zero-order valence-electron chi connectivity index (χ0n) is 10.1. The number of hydrogen-bond donors (Lipinski definition) is 0. The number of rotatable bonds is 4. The molecule has 0 saturated heterocycles. The molecule has 83 valence electrons. The fourth-order valence-electron chi connectivity index (χ4n) is 2.16. The summed E-state index contributed by atoms with van der Waals surface area (Å²) in [6.45, 7) is 1.94. The van der Waals surface area contributed by atoms with Gasteiger partial charge in [-0.25, -0.2) is 0 Å². The molecule has 0 bridgehead atoms. The second-order valence-electron chi connectivity index (χ2n) is 4.54. The first kappa shape index (κ1) is 12.3. The smallest absolute Gasteiger partial charge is 0.155 e. The highest BCUT2D eigenvalue weighted by atomic mass is 16.1. The van der Waals surface area contributed by atoms with Crippen molar-refractivity contribution in [2.75, 3.05) is 14.1 Å². The van der Waals surface area contributed by atoms with Gasteiger partial charge in [0.2, 0.25) is 0 Å². The van der Waals surface area contributed by atoms with Crippen molar-refractivity contribution in [1.29, 1.82) is 0 Å². The molecule has 0 amide bonds. The third-order valence-corrected chi connectivity index (χ3v) is 2.97. The Bertz CT molecular complexity index is 242. The van der Waals surface area contributed by atoms with E-state index in [0.29, 0.717) is 5.78 Å². The summed E-state index contributed by atoms with van der Waals surface area (Å²) in [5.41, 5.74) is 0.868. The maximum absolute atomic E-state index is 12.1. The van der Waals surface area contributed by atoms with Gasteiger partial charge in [-0.15, -0.1) is 0 Å². The van der Waals surface area contributed by atoms with Gasteiger partial charge in [-0.1, -0.05) is 26.1 Å². The van der Waals surface area contributed by atoms with Gasteiger partial charge < -0.3 is 4.90 Å². The molecule has 0 N–H and O–H groups in total. The van der Waals surface area contributed by atoms with E-state index < -0.39 is 0 Å². The standard InChI is InChI=1S/C12H21BNO/c1-13-11(9-14(2)3)12(15)10-7-5-4-6-8-10/h9-10H,4-8H2,1-3H3/b11-9-. The molecule has 0 aromatic carbocycles. The summed E-state index contributed by atoms with van der Waals surface area (Å²) in [7, 11) is 5.84.